The summed E-state index contributed by atoms with van der Waals surface area (Å²) in [5.41, 5.74) is 5.02. The van der Waals surface area contributed by atoms with Gasteiger partial charge in [0.2, 0.25) is 5.91 Å². The number of hydrazine groups is 1. The Morgan fingerprint density at radius 3 is 2.15 bits per heavy atom. The van der Waals surface area contributed by atoms with Gasteiger partial charge in [0.1, 0.15) is 0 Å². The van der Waals surface area contributed by atoms with Crippen LogP contribution in [0.1, 0.15) is 12.5 Å². The molecule has 9 nitrogen and oxygen atoms in total. The highest BCUT2D eigenvalue weighted by Gasteiger charge is 2.10. The number of nitro groups is 1. The molecule has 2 rings (SSSR count). The summed E-state index contributed by atoms with van der Waals surface area (Å²) in [6.45, 7) is 2.00. The van der Waals surface area contributed by atoms with Crippen molar-refractivity contribution in [1.29, 1.82) is 0 Å². The first kappa shape index (κ1) is 19.7. The second kappa shape index (κ2) is 9.76. The van der Waals surface area contributed by atoms with Gasteiger partial charge in [-0.1, -0.05) is 24.3 Å². The summed E-state index contributed by atoms with van der Waals surface area (Å²) in [6, 6.07) is 12.5. The third-order valence-corrected chi connectivity index (χ3v) is 3.36. The Morgan fingerprint density at radius 1 is 0.963 bits per heavy atom. The van der Waals surface area contributed by atoms with Crippen molar-refractivity contribution in [3.05, 3.63) is 64.2 Å². The van der Waals surface area contributed by atoms with Gasteiger partial charge >= 0.3 is 0 Å². The molecule has 2 N–H and O–H groups in total. The minimum atomic E-state index is -0.543. The van der Waals surface area contributed by atoms with Crippen LogP contribution in [0.4, 0.5) is 5.69 Å². The number of hydrogen-bond acceptors (Lipinski definition) is 6. The third kappa shape index (κ3) is 6.31. The molecule has 0 aliphatic carbocycles. The van der Waals surface area contributed by atoms with Crippen LogP contribution in [0.15, 0.2) is 48.5 Å². The lowest BCUT2D eigenvalue weighted by Crippen LogP contribution is -2.44. The van der Waals surface area contributed by atoms with Crippen LogP contribution in [0.3, 0.4) is 0 Å². The van der Waals surface area contributed by atoms with E-state index in [9.17, 15) is 19.7 Å². The fourth-order valence-corrected chi connectivity index (χ4v) is 2.13. The summed E-state index contributed by atoms with van der Waals surface area (Å²) in [5.74, 6) is -0.0630. The molecule has 0 aliphatic rings. The second-order valence-corrected chi connectivity index (χ2v) is 5.37. The van der Waals surface area contributed by atoms with Gasteiger partial charge in [0.15, 0.2) is 18.1 Å². The first-order valence-electron chi connectivity index (χ1n) is 8.15. The Morgan fingerprint density at radius 2 is 1.56 bits per heavy atom. The molecule has 0 fully saturated rings. The zero-order valence-corrected chi connectivity index (χ0v) is 14.6. The van der Waals surface area contributed by atoms with E-state index in [2.05, 4.69) is 10.9 Å². The number of nitrogens with zero attached hydrogens (tertiary/aromatic N) is 1. The van der Waals surface area contributed by atoms with Crippen molar-refractivity contribution in [3.8, 4) is 11.5 Å². The number of benzene rings is 2. The second-order valence-electron chi connectivity index (χ2n) is 5.37. The van der Waals surface area contributed by atoms with E-state index >= 15 is 0 Å². The summed E-state index contributed by atoms with van der Waals surface area (Å²) in [6.07, 6.45) is -0.0354. The van der Waals surface area contributed by atoms with Crippen molar-refractivity contribution in [2.45, 2.75) is 13.3 Å². The Kier molecular flexibility index (Phi) is 7.12. The van der Waals surface area contributed by atoms with E-state index in [4.69, 9.17) is 9.47 Å². The molecule has 142 valence electrons. The Labute approximate surface area is 155 Å². The van der Waals surface area contributed by atoms with Gasteiger partial charge in [-0.15, -0.1) is 0 Å². The van der Waals surface area contributed by atoms with Gasteiger partial charge in [0.05, 0.1) is 18.0 Å². The van der Waals surface area contributed by atoms with Crippen molar-refractivity contribution in [1.82, 2.24) is 10.9 Å². The average molecular weight is 373 g/mol. The molecule has 27 heavy (non-hydrogen) atoms. The van der Waals surface area contributed by atoms with Crippen molar-refractivity contribution in [2.24, 2.45) is 0 Å². The van der Waals surface area contributed by atoms with Crippen LogP contribution in [-0.4, -0.2) is 30.0 Å². The number of rotatable bonds is 8. The van der Waals surface area contributed by atoms with Crippen LogP contribution in [0.2, 0.25) is 0 Å². The summed E-state index contributed by atoms with van der Waals surface area (Å²) < 4.78 is 10.8. The number of ether oxygens (including phenoxy) is 2. The highest BCUT2D eigenvalue weighted by Crippen LogP contribution is 2.26. The van der Waals surface area contributed by atoms with Gasteiger partial charge in [-0.3, -0.25) is 30.6 Å². The van der Waals surface area contributed by atoms with E-state index in [1.807, 2.05) is 6.92 Å². The lowest BCUT2D eigenvalue weighted by Gasteiger charge is -2.12. The maximum Gasteiger partial charge on any atom is 0.276 e. The predicted octanol–water partition coefficient (Wildman–Crippen LogP) is 1.76. The standard InChI is InChI=1S/C18H19N3O6/c1-2-26-15-5-3-4-6-16(15)27-12-18(23)20-19-17(22)11-13-7-9-14(10-8-13)21(24)25/h3-10H,2,11-12H2,1H3,(H,19,22)(H,20,23). The van der Waals surface area contributed by atoms with Gasteiger partial charge in [-0.05, 0) is 24.6 Å². The lowest BCUT2D eigenvalue weighted by molar-refractivity contribution is -0.384. The van der Waals surface area contributed by atoms with Gasteiger partial charge in [-0.25, -0.2) is 0 Å². The molecular formula is C18H19N3O6. The number of carbonyl (C=O) groups is 2. The fourth-order valence-electron chi connectivity index (χ4n) is 2.13. The van der Waals surface area contributed by atoms with E-state index in [-0.39, 0.29) is 18.7 Å². The van der Waals surface area contributed by atoms with Crippen LogP contribution < -0.4 is 20.3 Å². The topological polar surface area (TPSA) is 120 Å². The molecule has 9 heteroatoms. The van der Waals surface area contributed by atoms with Crippen LogP contribution >= 0.6 is 0 Å². The predicted molar refractivity (Wildman–Crippen MR) is 96.2 cm³/mol. The largest absolute Gasteiger partial charge is 0.490 e. The first-order valence-corrected chi connectivity index (χ1v) is 8.15. The van der Waals surface area contributed by atoms with E-state index in [0.29, 0.717) is 23.7 Å². The minimum Gasteiger partial charge on any atom is -0.490 e. The number of non-ortho nitro benzene ring substituents is 1. The number of para-hydroxylation sites is 2. The van der Waals surface area contributed by atoms with Crippen LogP contribution in [0.5, 0.6) is 11.5 Å². The number of amides is 2. The van der Waals surface area contributed by atoms with Crippen molar-refractivity contribution in [3.63, 3.8) is 0 Å². The monoisotopic (exact) mass is 373 g/mol. The van der Waals surface area contributed by atoms with E-state index in [1.54, 1.807) is 24.3 Å². The number of nitro benzene ring substituents is 1. The summed E-state index contributed by atoms with van der Waals surface area (Å²) in [7, 11) is 0. The molecule has 0 unspecified atom stereocenters. The number of hydrogen-bond donors (Lipinski definition) is 2. The molecule has 0 atom stereocenters. The SMILES string of the molecule is CCOc1ccccc1OCC(=O)NNC(=O)Cc1ccc([N+](=O)[O-])cc1. The van der Waals surface area contributed by atoms with E-state index in [1.165, 1.54) is 24.3 Å². The van der Waals surface area contributed by atoms with E-state index < -0.39 is 16.7 Å². The number of carbonyl (C=O) groups excluding carboxylic acids is 2. The number of nitrogens with one attached hydrogen (secondary N) is 2. The molecule has 2 amide bonds. The molecule has 0 radical (unpaired) electrons. The van der Waals surface area contributed by atoms with Crippen LogP contribution in [-0.2, 0) is 16.0 Å². The van der Waals surface area contributed by atoms with Crippen molar-refractivity contribution < 1.29 is 24.0 Å². The van der Waals surface area contributed by atoms with Gasteiger partial charge in [-0.2, -0.15) is 0 Å². The zero-order chi connectivity index (χ0) is 19.6. The van der Waals surface area contributed by atoms with E-state index in [0.717, 1.165) is 0 Å². The molecule has 0 aromatic heterocycles. The Bertz CT molecular complexity index is 807. The van der Waals surface area contributed by atoms with Gasteiger partial charge in [0.25, 0.3) is 11.6 Å². The van der Waals surface area contributed by atoms with Crippen molar-refractivity contribution >= 4 is 17.5 Å². The zero-order valence-electron chi connectivity index (χ0n) is 14.6. The van der Waals surface area contributed by atoms with Crippen LogP contribution in [0, 0.1) is 10.1 Å². The lowest BCUT2D eigenvalue weighted by atomic mass is 10.1. The first-order chi connectivity index (χ1) is 13.0. The van der Waals surface area contributed by atoms with Crippen molar-refractivity contribution in [2.75, 3.05) is 13.2 Å². The molecule has 0 saturated carbocycles. The molecule has 0 saturated heterocycles. The maximum absolute atomic E-state index is 11.8. The summed E-state index contributed by atoms with van der Waals surface area (Å²) in [4.78, 5) is 33.7. The molecule has 0 aliphatic heterocycles. The van der Waals surface area contributed by atoms with Gasteiger partial charge < -0.3 is 9.47 Å². The molecule has 0 bridgehead atoms. The maximum atomic E-state index is 11.8. The smallest absolute Gasteiger partial charge is 0.276 e. The third-order valence-electron chi connectivity index (χ3n) is 3.36. The molecular weight excluding hydrogens is 354 g/mol. The minimum absolute atomic E-state index is 0.0354. The quantitative estimate of drug-likeness (QED) is 0.537. The highest BCUT2D eigenvalue weighted by molar-refractivity contribution is 5.83. The Hall–Kier alpha value is -3.62. The molecule has 2 aromatic carbocycles. The molecule has 2 aromatic rings. The highest BCUT2D eigenvalue weighted by atomic mass is 16.6. The normalized spacial score (nSPS) is 9.96. The molecule has 0 spiro atoms. The summed E-state index contributed by atoms with van der Waals surface area (Å²) >= 11 is 0. The summed E-state index contributed by atoms with van der Waals surface area (Å²) in [5, 5.41) is 10.6. The fraction of sp³-hybridized carbons (Fsp3) is 0.222. The van der Waals surface area contributed by atoms with Crippen LogP contribution in [0.25, 0.3) is 0 Å². The average Bonchev–Trinajstić information content (AvgIpc) is 2.66. The molecule has 0 heterocycles. The Balaban J connectivity index is 1.76. The van der Waals surface area contributed by atoms with Gasteiger partial charge in [0, 0.05) is 12.1 Å².